The number of pyridine rings is 1. The molecule has 4 rings (SSSR count). The summed E-state index contributed by atoms with van der Waals surface area (Å²) in [4.78, 5) is 14.6. The molecule has 4 aromatic rings. The third-order valence-electron chi connectivity index (χ3n) is 4.07. The Balaban J connectivity index is 1.53. The van der Waals surface area contributed by atoms with Crippen LogP contribution in [-0.4, -0.2) is 36.5 Å². The fraction of sp³-hybridized carbons (Fsp3) is 0.111. The van der Waals surface area contributed by atoms with Crippen LogP contribution in [0.1, 0.15) is 28.4 Å². The first-order valence-corrected chi connectivity index (χ1v) is 8.36. The summed E-state index contributed by atoms with van der Waals surface area (Å²) in [7, 11) is 0. The highest BCUT2D eigenvalue weighted by Gasteiger charge is 2.18. The van der Waals surface area contributed by atoms with Crippen LogP contribution in [0.5, 0.6) is 0 Å². The molecule has 0 saturated heterocycles. The van der Waals surface area contributed by atoms with Crippen LogP contribution in [0.2, 0.25) is 0 Å². The lowest BCUT2D eigenvalue weighted by Crippen LogP contribution is -2.05. The van der Waals surface area contributed by atoms with E-state index in [1.54, 1.807) is 0 Å². The van der Waals surface area contributed by atoms with E-state index >= 15 is 0 Å². The van der Waals surface area contributed by atoms with E-state index < -0.39 is 24.0 Å². The first kappa shape index (κ1) is 19.4. The lowest BCUT2D eigenvalue weighted by atomic mass is 10.1. The lowest BCUT2D eigenvalue weighted by Gasteiger charge is -2.03. The molecular formula is C18H10F4N6O2. The molecule has 152 valence electrons. The molecule has 0 fully saturated rings. The highest BCUT2D eigenvalue weighted by Crippen LogP contribution is 2.24. The predicted octanol–water partition coefficient (Wildman–Crippen LogP) is 3.47. The largest absolute Gasteiger partial charge is 0.415 e. The number of nitrogens with zero attached hydrogens (tertiary/aromatic N) is 6. The molecule has 0 spiro atoms. The maximum Gasteiger partial charge on any atom is 0.314 e. The van der Waals surface area contributed by atoms with Gasteiger partial charge in [0.05, 0.1) is 29.6 Å². The minimum Gasteiger partial charge on any atom is -0.415 e. The van der Waals surface area contributed by atoms with Gasteiger partial charge in [0.2, 0.25) is 5.89 Å². The number of benzene rings is 1. The molecule has 30 heavy (non-hydrogen) atoms. The molecule has 0 radical (unpaired) electrons. The van der Waals surface area contributed by atoms with E-state index in [2.05, 4.69) is 25.5 Å². The number of carbonyl (C=O) groups excluding carboxylic acids is 1. The van der Waals surface area contributed by atoms with Gasteiger partial charge in [0.25, 0.3) is 5.89 Å². The van der Waals surface area contributed by atoms with Crippen molar-refractivity contribution in [1.82, 2.24) is 30.2 Å². The highest BCUT2D eigenvalue weighted by atomic mass is 19.3. The third kappa shape index (κ3) is 3.79. The Bertz CT molecular complexity index is 1220. The van der Waals surface area contributed by atoms with Crippen LogP contribution in [0.4, 0.5) is 17.6 Å². The van der Waals surface area contributed by atoms with Gasteiger partial charge in [-0.25, -0.2) is 13.5 Å². The fourth-order valence-corrected chi connectivity index (χ4v) is 2.58. The Morgan fingerprint density at radius 3 is 2.53 bits per heavy atom. The zero-order chi connectivity index (χ0) is 21.3. The first-order chi connectivity index (χ1) is 14.4. The van der Waals surface area contributed by atoms with Gasteiger partial charge in [-0.15, -0.1) is 15.3 Å². The molecule has 0 N–H and O–H groups in total. The molecule has 0 bridgehead atoms. The number of halogens is 4. The van der Waals surface area contributed by atoms with Crippen molar-refractivity contribution in [3.8, 4) is 22.7 Å². The van der Waals surface area contributed by atoms with E-state index in [-0.39, 0.29) is 29.3 Å². The minimum atomic E-state index is -2.94. The van der Waals surface area contributed by atoms with Gasteiger partial charge in [0.1, 0.15) is 17.3 Å². The van der Waals surface area contributed by atoms with E-state index in [4.69, 9.17) is 4.42 Å². The molecular weight excluding hydrogens is 408 g/mol. The van der Waals surface area contributed by atoms with Gasteiger partial charge in [-0.2, -0.15) is 8.78 Å². The van der Waals surface area contributed by atoms with Gasteiger partial charge >= 0.3 is 6.43 Å². The van der Waals surface area contributed by atoms with Crippen molar-refractivity contribution in [3.05, 3.63) is 65.4 Å². The van der Waals surface area contributed by atoms with Crippen molar-refractivity contribution in [1.29, 1.82) is 0 Å². The Morgan fingerprint density at radius 2 is 1.87 bits per heavy atom. The molecule has 3 aromatic heterocycles. The summed E-state index contributed by atoms with van der Waals surface area (Å²) in [5.74, 6) is -2.60. The standard InChI is InChI=1S/C18H10F4N6O2/c19-12-3-9(1-2-10(12)8-29)14-6-28(27-24-14)7-15-13(20)4-11(5-23-15)17-25-26-18(30-17)16(21)22/h1-6,8,16H,7H2. The molecule has 12 heteroatoms. The van der Waals surface area contributed by atoms with E-state index in [1.165, 1.54) is 29.2 Å². The van der Waals surface area contributed by atoms with Gasteiger partial charge in [-0.05, 0) is 18.2 Å². The van der Waals surface area contributed by atoms with Crippen LogP contribution in [0.15, 0.2) is 41.1 Å². The second kappa shape index (κ2) is 7.81. The zero-order valence-electron chi connectivity index (χ0n) is 14.8. The molecule has 0 aliphatic rings. The second-order valence-corrected chi connectivity index (χ2v) is 6.05. The number of alkyl halides is 2. The summed E-state index contributed by atoms with van der Waals surface area (Å²) >= 11 is 0. The number of aromatic nitrogens is 6. The van der Waals surface area contributed by atoms with E-state index in [0.29, 0.717) is 17.5 Å². The molecule has 8 nitrogen and oxygen atoms in total. The summed E-state index contributed by atoms with van der Waals surface area (Å²) in [6.07, 6.45) is 0.119. The van der Waals surface area contributed by atoms with Crippen molar-refractivity contribution in [2.24, 2.45) is 0 Å². The fourth-order valence-electron chi connectivity index (χ4n) is 2.58. The van der Waals surface area contributed by atoms with Crippen LogP contribution in [0.3, 0.4) is 0 Å². The number of hydrogen-bond donors (Lipinski definition) is 0. The van der Waals surface area contributed by atoms with Gasteiger partial charge < -0.3 is 4.42 Å². The van der Waals surface area contributed by atoms with Gasteiger partial charge in [-0.3, -0.25) is 9.78 Å². The van der Waals surface area contributed by atoms with Gasteiger partial charge in [0, 0.05) is 11.8 Å². The van der Waals surface area contributed by atoms with Crippen LogP contribution >= 0.6 is 0 Å². The SMILES string of the molecule is O=Cc1ccc(-c2cn(Cc3ncc(-c4nnc(C(F)F)o4)cc3F)nn2)cc1F. The first-order valence-electron chi connectivity index (χ1n) is 8.36. The molecule has 0 amide bonds. The Hall–Kier alpha value is -3.96. The molecule has 0 aliphatic heterocycles. The maximum atomic E-state index is 14.4. The molecule has 3 heterocycles. The Labute approximate surface area is 165 Å². The average molecular weight is 418 g/mol. The zero-order valence-corrected chi connectivity index (χ0v) is 14.8. The topological polar surface area (TPSA) is 99.6 Å². The van der Waals surface area contributed by atoms with Gasteiger partial charge in [0.15, 0.2) is 6.29 Å². The molecule has 0 saturated carbocycles. The Morgan fingerprint density at radius 1 is 1.07 bits per heavy atom. The summed E-state index contributed by atoms with van der Waals surface area (Å²) < 4.78 is 59.3. The van der Waals surface area contributed by atoms with Crippen molar-refractivity contribution < 1.29 is 26.8 Å². The predicted molar refractivity (Wildman–Crippen MR) is 92.3 cm³/mol. The number of hydrogen-bond acceptors (Lipinski definition) is 7. The molecule has 0 unspecified atom stereocenters. The lowest BCUT2D eigenvalue weighted by molar-refractivity contribution is 0.111. The summed E-state index contributed by atoms with van der Waals surface area (Å²) in [5, 5.41) is 14.4. The van der Waals surface area contributed by atoms with Gasteiger partial charge in [-0.1, -0.05) is 11.3 Å². The Kier molecular flexibility index (Phi) is 5.04. The van der Waals surface area contributed by atoms with Crippen molar-refractivity contribution in [3.63, 3.8) is 0 Å². The monoisotopic (exact) mass is 418 g/mol. The summed E-state index contributed by atoms with van der Waals surface area (Å²) in [6, 6.07) is 4.99. The minimum absolute atomic E-state index is 0.00807. The van der Waals surface area contributed by atoms with E-state index in [0.717, 1.165) is 12.1 Å². The van der Waals surface area contributed by atoms with Crippen molar-refractivity contribution in [2.45, 2.75) is 13.0 Å². The van der Waals surface area contributed by atoms with Crippen LogP contribution in [0.25, 0.3) is 22.7 Å². The summed E-state index contributed by atoms with van der Waals surface area (Å²) in [5.41, 5.74) is 0.652. The molecule has 0 aliphatic carbocycles. The number of rotatable bonds is 6. The van der Waals surface area contributed by atoms with Crippen LogP contribution < -0.4 is 0 Å². The normalized spacial score (nSPS) is 11.2. The smallest absolute Gasteiger partial charge is 0.314 e. The quantitative estimate of drug-likeness (QED) is 0.349. The summed E-state index contributed by atoms with van der Waals surface area (Å²) in [6.45, 7) is -0.0971. The van der Waals surface area contributed by atoms with E-state index in [9.17, 15) is 22.4 Å². The van der Waals surface area contributed by atoms with Crippen LogP contribution in [-0.2, 0) is 6.54 Å². The van der Waals surface area contributed by atoms with Crippen molar-refractivity contribution >= 4 is 6.29 Å². The second-order valence-electron chi connectivity index (χ2n) is 6.05. The third-order valence-corrected chi connectivity index (χ3v) is 4.07. The average Bonchev–Trinajstić information content (AvgIpc) is 3.39. The maximum absolute atomic E-state index is 14.4. The molecule has 0 atom stereocenters. The van der Waals surface area contributed by atoms with Crippen LogP contribution in [0, 0.1) is 11.6 Å². The molecule has 1 aromatic carbocycles. The highest BCUT2D eigenvalue weighted by molar-refractivity contribution is 5.76. The van der Waals surface area contributed by atoms with Crippen molar-refractivity contribution in [2.75, 3.05) is 0 Å². The van der Waals surface area contributed by atoms with E-state index in [1.807, 2.05) is 0 Å². The number of aldehydes is 1. The number of carbonyl (C=O) groups is 1.